The smallest absolute Gasteiger partial charge is 0.188 e. The Kier molecular flexibility index (Phi) is 7.79. The van der Waals surface area contributed by atoms with Gasteiger partial charge < -0.3 is 19.3 Å². The van der Waals surface area contributed by atoms with E-state index >= 15 is 0 Å². The molecule has 0 saturated carbocycles. The summed E-state index contributed by atoms with van der Waals surface area (Å²) < 4.78 is 31.0. The molecule has 0 aliphatic rings. The van der Waals surface area contributed by atoms with Gasteiger partial charge in [0, 0.05) is 18.2 Å². The Morgan fingerprint density at radius 3 is 2.58 bits per heavy atom. The topological polar surface area (TPSA) is 60.8 Å². The van der Waals surface area contributed by atoms with Crippen LogP contribution in [-0.2, 0) is 4.74 Å². The highest BCUT2D eigenvalue weighted by atomic mass is 79.9. The highest BCUT2D eigenvalue weighted by Gasteiger charge is 2.24. The lowest BCUT2D eigenvalue weighted by molar-refractivity contribution is 0.0512. The van der Waals surface area contributed by atoms with Crippen LogP contribution in [-0.4, -0.2) is 30.6 Å². The van der Waals surface area contributed by atoms with E-state index in [1.54, 1.807) is 25.1 Å². The zero-order chi connectivity index (χ0) is 22.4. The van der Waals surface area contributed by atoms with Crippen molar-refractivity contribution in [1.82, 2.24) is 4.98 Å². The molecule has 1 unspecified atom stereocenters. The molecule has 1 N–H and O–H groups in total. The maximum absolute atomic E-state index is 14.8. The zero-order valence-electron chi connectivity index (χ0n) is 17.3. The van der Waals surface area contributed by atoms with E-state index in [1.165, 1.54) is 13.2 Å². The summed E-state index contributed by atoms with van der Waals surface area (Å²) in [4.78, 5) is 4.64. The Bertz CT molecular complexity index is 1060. The van der Waals surface area contributed by atoms with Crippen LogP contribution >= 0.6 is 15.9 Å². The van der Waals surface area contributed by atoms with Crippen molar-refractivity contribution in [2.45, 2.75) is 13.0 Å². The van der Waals surface area contributed by atoms with Crippen molar-refractivity contribution < 1.29 is 23.7 Å². The monoisotopic (exact) mass is 487 g/mol. The van der Waals surface area contributed by atoms with E-state index in [-0.39, 0.29) is 23.6 Å². The van der Waals surface area contributed by atoms with E-state index in [4.69, 9.17) is 14.2 Å². The third-order valence-corrected chi connectivity index (χ3v) is 5.36. The lowest BCUT2D eigenvalue weighted by atomic mass is 9.99. The van der Waals surface area contributed by atoms with Gasteiger partial charge in [0.2, 0.25) is 0 Å². The van der Waals surface area contributed by atoms with E-state index in [0.29, 0.717) is 28.3 Å². The van der Waals surface area contributed by atoms with Gasteiger partial charge in [0.15, 0.2) is 18.4 Å². The molecule has 2 aromatic carbocycles. The Morgan fingerprint density at radius 1 is 1.16 bits per heavy atom. The molecular weight excluding hydrogens is 465 g/mol. The van der Waals surface area contributed by atoms with Crippen molar-refractivity contribution in [1.29, 1.82) is 0 Å². The minimum atomic E-state index is -1.17. The number of aliphatic hydroxyl groups excluding tert-OH is 1. The Morgan fingerprint density at radius 2 is 1.90 bits per heavy atom. The summed E-state index contributed by atoms with van der Waals surface area (Å²) in [6.45, 7) is 5.58. The van der Waals surface area contributed by atoms with Crippen molar-refractivity contribution in [3.05, 3.63) is 88.3 Å². The van der Waals surface area contributed by atoms with Gasteiger partial charge in [-0.3, -0.25) is 0 Å². The largest absolute Gasteiger partial charge is 0.486 e. The number of aliphatic hydroxyl groups is 1. The van der Waals surface area contributed by atoms with Gasteiger partial charge in [-0.15, -0.1) is 0 Å². The van der Waals surface area contributed by atoms with Crippen molar-refractivity contribution in [3.8, 4) is 22.8 Å². The predicted molar refractivity (Wildman–Crippen MR) is 121 cm³/mol. The van der Waals surface area contributed by atoms with Crippen LogP contribution in [0.5, 0.6) is 11.5 Å². The van der Waals surface area contributed by atoms with Gasteiger partial charge in [-0.1, -0.05) is 43.0 Å². The molecule has 5 nitrogen and oxygen atoms in total. The van der Waals surface area contributed by atoms with Crippen LogP contribution in [0.25, 0.3) is 11.3 Å². The molecule has 0 amide bonds. The van der Waals surface area contributed by atoms with Gasteiger partial charge in [-0.05, 0) is 46.6 Å². The first-order chi connectivity index (χ1) is 15.0. The van der Waals surface area contributed by atoms with Crippen LogP contribution in [0.2, 0.25) is 0 Å². The van der Waals surface area contributed by atoms with E-state index < -0.39 is 11.9 Å². The van der Waals surface area contributed by atoms with Gasteiger partial charge in [-0.25, -0.2) is 9.37 Å². The van der Waals surface area contributed by atoms with E-state index in [9.17, 15) is 9.50 Å². The Labute approximate surface area is 189 Å². The molecule has 0 saturated heterocycles. The second-order valence-corrected chi connectivity index (χ2v) is 7.53. The van der Waals surface area contributed by atoms with Crippen molar-refractivity contribution >= 4 is 15.9 Å². The summed E-state index contributed by atoms with van der Waals surface area (Å²) >= 11 is 3.27. The van der Waals surface area contributed by atoms with Gasteiger partial charge in [-0.2, -0.15) is 0 Å². The average Bonchev–Trinajstić information content (AvgIpc) is 2.79. The van der Waals surface area contributed by atoms with Crippen molar-refractivity contribution in [3.63, 3.8) is 0 Å². The molecule has 0 bridgehead atoms. The number of nitrogens with zero attached hydrogens (tertiary/aromatic N) is 1. The molecule has 0 spiro atoms. The van der Waals surface area contributed by atoms with Crippen LogP contribution in [0.1, 0.15) is 22.9 Å². The van der Waals surface area contributed by atoms with Crippen molar-refractivity contribution in [2.75, 3.05) is 20.5 Å². The van der Waals surface area contributed by atoms with E-state index in [2.05, 4.69) is 27.5 Å². The van der Waals surface area contributed by atoms with E-state index in [1.807, 2.05) is 30.3 Å². The standard InChI is InChI=1S/C24H23BrFNO4/c1-4-12-30-19-13-15(2)20(21(25)22(19)26)24(28)17-10-11-18(31-14-29-3)23(27-17)16-8-6-5-7-9-16/h4-11,13,24,28H,1,12,14H2,2-3H3. The number of rotatable bonds is 9. The number of benzene rings is 2. The molecule has 0 fully saturated rings. The molecule has 31 heavy (non-hydrogen) atoms. The molecule has 0 aliphatic heterocycles. The molecule has 162 valence electrons. The zero-order valence-corrected chi connectivity index (χ0v) is 18.9. The van der Waals surface area contributed by atoms with E-state index in [0.717, 1.165) is 5.56 Å². The molecule has 0 radical (unpaired) electrons. The van der Waals surface area contributed by atoms with Crippen molar-refractivity contribution in [2.24, 2.45) is 0 Å². The van der Waals surface area contributed by atoms with Crippen LogP contribution in [0.4, 0.5) is 4.39 Å². The number of aryl methyl sites for hydroxylation is 1. The highest BCUT2D eigenvalue weighted by Crippen LogP contribution is 2.38. The maximum atomic E-state index is 14.8. The highest BCUT2D eigenvalue weighted by molar-refractivity contribution is 9.10. The fourth-order valence-electron chi connectivity index (χ4n) is 3.13. The molecule has 3 aromatic rings. The molecule has 0 aliphatic carbocycles. The summed E-state index contributed by atoms with van der Waals surface area (Å²) in [6, 6.07) is 14.4. The van der Waals surface area contributed by atoms with Gasteiger partial charge in [0.25, 0.3) is 0 Å². The number of ether oxygens (including phenoxy) is 3. The summed E-state index contributed by atoms with van der Waals surface area (Å²) in [7, 11) is 1.53. The summed E-state index contributed by atoms with van der Waals surface area (Å²) in [6.07, 6.45) is 0.365. The van der Waals surface area contributed by atoms with Gasteiger partial charge >= 0.3 is 0 Å². The third-order valence-electron chi connectivity index (χ3n) is 4.59. The lowest BCUT2D eigenvalue weighted by Crippen LogP contribution is -2.09. The fourth-order valence-corrected chi connectivity index (χ4v) is 3.85. The quantitative estimate of drug-likeness (QED) is 0.315. The first kappa shape index (κ1) is 22.9. The number of methoxy groups -OCH3 is 1. The summed E-state index contributed by atoms with van der Waals surface area (Å²) in [5.41, 5.74) is 2.75. The molecule has 3 rings (SSSR count). The second kappa shape index (κ2) is 10.5. The lowest BCUT2D eigenvalue weighted by Gasteiger charge is -2.19. The van der Waals surface area contributed by atoms with Gasteiger partial charge in [0.1, 0.15) is 24.2 Å². The van der Waals surface area contributed by atoms with Crippen LogP contribution < -0.4 is 9.47 Å². The maximum Gasteiger partial charge on any atom is 0.188 e. The summed E-state index contributed by atoms with van der Waals surface area (Å²) in [5, 5.41) is 11.1. The number of hydrogen-bond acceptors (Lipinski definition) is 5. The van der Waals surface area contributed by atoms with Crippen LogP contribution in [0, 0.1) is 12.7 Å². The van der Waals surface area contributed by atoms with Gasteiger partial charge in [0.05, 0.1) is 10.2 Å². The minimum Gasteiger partial charge on any atom is -0.486 e. The SMILES string of the molecule is C=CCOc1cc(C)c(C(O)c2ccc(OCOC)c(-c3ccccc3)n2)c(Br)c1F. The third kappa shape index (κ3) is 5.12. The molecular formula is C24H23BrFNO4. The number of aromatic nitrogens is 1. The first-order valence-corrected chi connectivity index (χ1v) is 10.4. The first-order valence-electron chi connectivity index (χ1n) is 9.56. The second-order valence-electron chi connectivity index (χ2n) is 6.74. The number of pyridine rings is 1. The fraction of sp³-hybridized carbons (Fsp3) is 0.208. The minimum absolute atomic E-state index is 0.0610. The average molecular weight is 488 g/mol. The Hall–Kier alpha value is -2.74. The number of halogens is 2. The van der Waals surface area contributed by atoms with Crippen LogP contribution in [0.3, 0.4) is 0 Å². The number of hydrogen-bond donors (Lipinski definition) is 1. The molecule has 7 heteroatoms. The normalized spacial score (nSPS) is 11.8. The van der Waals surface area contributed by atoms with Crippen LogP contribution in [0.15, 0.2) is 65.7 Å². The molecule has 1 aromatic heterocycles. The predicted octanol–water partition coefficient (Wildman–Crippen LogP) is 5.59. The summed E-state index contributed by atoms with van der Waals surface area (Å²) in [5.74, 6) is 0.00504. The molecule has 1 heterocycles. The Balaban J connectivity index is 2.05. The molecule has 1 atom stereocenters.